The van der Waals surface area contributed by atoms with Crippen LogP contribution >= 0.6 is 0 Å². The van der Waals surface area contributed by atoms with Crippen molar-refractivity contribution >= 4 is 5.78 Å². The van der Waals surface area contributed by atoms with Gasteiger partial charge < -0.3 is 0 Å². The Bertz CT molecular complexity index is 324. The molecule has 4 aliphatic rings. The minimum atomic E-state index is 0.373. The van der Waals surface area contributed by atoms with Crippen LogP contribution in [0.2, 0.25) is 0 Å². The molecular formula is C13H18O. The van der Waals surface area contributed by atoms with Gasteiger partial charge in [-0.25, -0.2) is 0 Å². The van der Waals surface area contributed by atoms with Gasteiger partial charge in [-0.2, -0.15) is 0 Å². The maximum absolute atomic E-state index is 11.4. The molecule has 0 spiro atoms. The first-order valence-electron chi connectivity index (χ1n) is 5.83. The van der Waals surface area contributed by atoms with Crippen molar-refractivity contribution in [3.8, 4) is 0 Å². The number of hydrogen-bond acceptors (Lipinski definition) is 1. The molecule has 76 valence electrons. The monoisotopic (exact) mass is 190 g/mol. The van der Waals surface area contributed by atoms with Crippen LogP contribution < -0.4 is 0 Å². The van der Waals surface area contributed by atoms with Crippen LogP contribution in [0, 0.1) is 23.2 Å². The third kappa shape index (κ3) is 0.933. The van der Waals surface area contributed by atoms with E-state index < -0.39 is 0 Å². The smallest absolute Gasteiger partial charge is 0.155 e. The molecule has 0 radical (unpaired) electrons. The molecule has 1 unspecified atom stereocenters. The molecule has 0 aromatic rings. The summed E-state index contributed by atoms with van der Waals surface area (Å²) in [7, 11) is 0. The summed E-state index contributed by atoms with van der Waals surface area (Å²) >= 11 is 0. The predicted molar refractivity (Wildman–Crippen MR) is 55.8 cm³/mol. The SMILES string of the molecule is CC1(C)[C@H]2CC3CCC(=O)C=C3[C@@H]1C2. The van der Waals surface area contributed by atoms with Crippen LogP contribution in [0.3, 0.4) is 0 Å². The van der Waals surface area contributed by atoms with E-state index in [1.54, 1.807) is 0 Å². The molecule has 3 fully saturated rings. The molecule has 4 rings (SSSR count). The van der Waals surface area contributed by atoms with Gasteiger partial charge in [0.2, 0.25) is 0 Å². The predicted octanol–water partition coefficient (Wildman–Crippen LogP) is 2.96. The molecule has 0 amide bonds. The molecular weight excluding hydrogens is 172 g/mol. The van der Waals surface area contributed by atoms with Crippen molar-refractivity contribution < 1.29 is 4.79 Å². The quantitative estimate of drug-likeness (QED) is 0.574. The topological polar surface area (TPSA) is 17.1 Å². The normalized spacial score (nSPS) is 43.7. The Hall–Kier alpha value is -0.590. The van der Waals surface area contributed by atoms with Crippen molar-refractivity contribution in [3.05, 3.63) is 11.6 Å². The maximum Gasteiger partial charge on any atom is 0.155 e. The Morgan fingerprint density at radius 3 is 2.86 bits per heavy atom. The second-order valence-corrected chi connectivity index (χ2v) is 5.89. The average molecular weight is 190 g/mol. The lowest BCUT2D eigenvalue weighted by Crippen LogP contribution is -2.52. The number of rotatable bonds is 0. The zero-order valence-corrected chi connectivity index (χ0v) is 9.05. The molecule has 1 nitrogen and oxygen atoms in total. The van der Waals surface area contributed by atoms with E-state index in [4.69, 9.17) is 0 Å². The first kappa shape index (κ1) is 8.70. The summed E-state index contributed by atoms with van der Waals surface area (Å²) < 4.78 is 0. The first-order valence-corrected chi connectivity index (χ1v) is 5.83. The van der Waals surface area contributed by atoms with Gasteiger partial charge in [0.25, 0.3) is 0 Å². The van der Waals surface area contributed by atoms with Crippen LogP contribution in [0.4, 0.5) is 0 Å². The second kappa shape index (κ2) is 2.50. The summed E-state index contributed by atoms with van der Waals surface area (Å²) in [5.41, 5.74) is 1.99. The molecule has 0 heterocycles. The van der Waals surface area contributed by atoms with Crippen LogP contribution in [0.1, 0.15) is 39.5 Å². The number of allylic oxidation sites excluding steroid dienone is 2. The molecule has 0 aromatic carbocycles. The van der Waals surface area contributed by atoms with E-state index in [0.29, 0.717) is 11.2 Å². The number of hydrogen-bond donors (Lipinski definition) is 0. The molecule has 0 N–H and O–H groups in total. The van der Waals surface area contributed by atoms with Gasteiger partial charge in [-0.3, -0.25) is 4.79 Å². The van der Waals surface area contributed by atoms with Crippen molar-refractivity contribution in [1.29, 1.82) is 0 Å². The molecule has 0 aliphatic heterocycles. The summed E-state index contributed by atoms with van der Waals surface area (Å²) in [6, 6.07) is 0. The van der Waals surface area contributed by atoms with Gasteiger partial charge in [0.05, 0.1) is 0 Å². The molecule has 4 aliphatic carbocycles. The lowest BCUT2D eigenvalue weighted by atomic mass is 9.44. The number of ketones is 1. The standard InChI is InChI=1S/C13H18O/c1-13(2)9-5-8-3-4-10(14)7-11(8)12(13)6-9/h7-9,12H,3-6H2,1-2H3/t8?,9-,12-/m0/s1. The lowest BCUT2D eigenvalue weighted by Gasteiger charge is -2.60. The van der Waals surface area contributed by atoms with E-state index in [0.717, 1.165) is 30.6 Å². The zero-order valence-electron chi connectivity index (χ0n) is 9.05. The minimum absolute atomic E-state index is 0.373. The van der Waals surface area contributed by atoms with Gasteiger partial charge in [0.1, 0.15) is 0 Å². The van der Waals surface area contributed by atoms with E-state index in [1.807, 2.05) is 6.08 Å². The molecule has 3 saturated carbocycles. The van der Waals surface area contributed by atoms with Gasteiger partial charge in [0, 0.05) is 6.42 Å². The summed E-state index contributed by atoms with van der Waals surface area (Å²) in [6.07, 6.45) is 6.61. The average Bonchev–Trinajstić information content (AvgIpc) is 2.16. The van der Waals surface area contributed by atoms with Gasteiger partial charge >= 0.3 is 0 Å². The van der Waals surface area contributed by atoms with Crippen molar-refractivity contribution in [2.24, 2.45) is 23.2 Å². The molecule has 14 heavy (non-hydrogen) atoms. The summed E-state index contributed by atoms with van der Waals surface area (Å²) in [4.78, 5) is 11.4. The van der Waals surface area contributed by atoms with E-state index in [2.05, 4.69) is 13.8 Å². The third-order valence-corrected chi connectivity index (χ3v) is 4.98. The van der Waals surface area contributed by atoms with E-state index in [9.17, 15) is 4.79 Å². The fourth-order valence-electron chi connectivity index (χ4n) is 3.82. The molecule has 1 heteroatoms. The largest absolute Gasteiger partial charge is 0.295 e. The van der Waals surface area contributed by atoms with Crippen LogP contribution in [-0.4, -0.2) is 5.78 Å². The van der Waals surface area contributed by atoms with Gasteiger partial charge in [-0.15, -0.1) is 0 Å². The summed E-state index contributed by atoms with van der Waals surface area (Å²) in [6.45, 7) is 4.75. The highest BCUT2D eigenvalue weighted by Crippen LogP contribution is 2.64. The van der Waals surface area contributed by atoms with Gasteiger partial charge in [-0.05, 0) is 48.5 Å². The Kier molecular flexibility index (Phi) is 1.55. The highest BCUT2D eigenvalue weighted by Gasteiger charge is 2.55. The van der Waals surface area contributed by atoms with Gasteiger partial charge in [0.15, 0.2) is 5.78 Å². The van der Waals surface area contributed by atoms with Crippen LogP contribution in [0.5, 0.6) is 0 Å². The lowest BCUT2D eigenvalue weighted by molar-refractivity contribution is -0.116. The van der Waals surface area contributed by atoms with E-state index in [-0.39, 0.29) is 0 Å². The van der Waals surface area contributed by atoms with Crippen LogP contribution in [0.15, 0.2) is 11.6 Å². The molecule has 0 saturated heterocycles. The maximum atomic E-state index is 11.4. The van der Waals surface area contributed by atoms with E-state index in [1.165, 1.54) is 18.4 Å². The van der Waals surface area contributed by atoms with Crippen LogP contribution in [-0.2, 0) is 4.79 Å². The highest BCUT2D eigenvalue weighted by molar-refractivity contribution is 5.91. The fourth-order valence-corrected chi connectivity index (χ4v) is 3.82. The highest BCUT2D eigenvalue weighted by atomic mass is 16.1. The molecule has 0 aromatic heterocycles. The Morgan fingerprint density at radius 1 is 1.36 bits per heavy atom. The zero-order chi connectivity index (χ0) is 9.92. The third-order valence-electron chi connectivity index (χ3n) is 4.98. The molecule has 2 bridgehead atoms. The van der Waals surface area contributed by atoms with Gasteiger partial charge in [-0.1, -0.05) is 19.4 Å². The first-order chi connectivity index (χ1) is 6.59. The van der Waals surface area contributed by atoms with E-state index >= 15 is 0 Å². The second-order valence-electron chi connectivity index (χ2n) is 5.89. The van der Waals surface area contributed by atoms with Crippen molar-refractivity contribution in [2.75, 3.05) is 0 Å². The summed E-state index contributed by atoms with van der Waals surface area (Å²) in [5.74, 6) is 2.81. The van der Waals surface area contributed by atoms with Crippen molar-refractivity contribution in [3.63, 3.8) is 0 Å². The Morgan fingerprint density at radius 2 is 2.14 bits per heavy atom. The number of carbonyl (C=O) groups excluding carboxylic acids is 1. The Labute approximate surface area is 85.6 Å². The van der Waals surface area contributed by atoms with Crippen molar-refractivity contribution in [1.82, 2.24) is 0 Å². The fraction of sp³-hybridized carbons (Fsp3) is 0.769. The summed E-state index contributed by atoms with van der Waals surface area (Å²) in [5, 5.41) is 0. The van der Waals surface area contributed by atoms with Crippen molar-refractivity contribution in [2.45, 2.75) is 39.5 Å². The number of carbonyl (C=O) groups is 1. The Balaban J connectivity index is 1.97. The minimum Gasteiger partial charge on any atom is -0.295 e. The van der Waals surface area contributed by atoms with Crippen LogP contribution in [0.25, 0.3) is 0 Å². The molecule has 3 atom stereocenters.